The summed E-state index contributed by atoms with van der Waals surface area (Å²) in [6.45, 7) is 1.71. The van der Waals surface area contributed by atoms with E-state index in [0.29, 0.717) is 5.69 Å². The van der Waals surface area contributed by atoms with Gasteiger partial charge in [-0.3, -0.25) is 4.79 Å². The molecule has 1 heterocycles. The Morgan fingerprint density at radius 1 is 1.30 bits per heavy atom. The number of para-hydroxylation sites is 1. The van der Waals surface area contributed by atoms with E-state index in [1.807, 2.05) is 6.07 Å². The molecule has 0 saturated carbocycles. The zero-order chi connectivity index (χ0) is 14.4. The summed E-state index contributed by atoms with van der Waals surface area (Å²) in [6.07, 6.45) is 0. The molecule has 0 spiro atoms. The van der Waals surface area contributed by atoms with Crippen LogP contribution in [0, 0.1) is 0 Å². The highest BCUT2D eigenvalue weighted by Crippen LogP contribution is 2.05. The molecule has 104 valence electrons. The molecule has 0 fully saturated rings. The third kappa shape index (κ3) is 3.37. The fraction of sp³-hybridized carbons (Fsp3) is 0.250. The van der Waals surface area contributed by atoms with E-state index in [1.54, 1.807) is 31.2 Å². The van der Waals surface area contributed by atoms with Gasteiger partial charge in [0.05, 0.1) is 6.61 Å². The maximum Gasteiger partial charge on any atom is 0.378 e. The summed E-state index contributed by atoms with van der Waals surface area (Å²) in [6, 6.07) is 8.96. The molecule has 1 N–H and O–H groups in total. The Labute approximate surface area is 114 Å². The lowest BCUT2D eigenvalue weighted by atomic mass is 10.3. The Hall–Kier alpha value is -2.77. The Balaban J connectivity index is 2.02. The molecule has 20 heavy (non-hydrogen) atoms. The van der Waals surface area contributed by atoms with Gasteiger partial charge in [-0.2, -0.15) is 0 Å². The number of benzene rings is 1. The van der Waals surface area contributed by atoms with Crippen molar-refractivity contribution in [3.05, 3.63) is 36.2 Å². The normalized spacial score (nSPS) is 10.1. The van der Waals surface area contributed by atoms with Gasteiger partial charge in [-0.05, 0) is 29.5 Å². The number of ether oxygens (including phenoxy) is 1. The summed E-state index contributed by atoms with van der Waals surface area (Å²) in [4.78, 5) is 23.4. The SMILES string of the molecule is CCOC(=O)c1nnnn1CC(=O)Nc1ccccc1. The summed E-state index contributed by atoms with van der Waals surface area (Å²) in [5.74, 6) is -1.10. The molecule has 0 aliphatic carbocycles. The predicted octanol–water partition coefficient (Wildman–Crippen LogP) is 0.488. The average molecular weight is 275 g/mol. The quantitative estimate of drug-likeness (QED) is 0.797. The van der Waals surface area contributed by atoms with Gasteiger partial charge in [-0.15, -0.1) is 5.10 Å². The molecule has 0 bridgehead atoms. The summed E-state index contributed by atoms with van der Waals surface area (Å²) >= 11 is 0. The van der Waals surface area contributed by atoms with E-state index in [1.165, 1.54) is 0 Å². The van der Waals surface area contributed by atoms with Crippen LogP contribution in [0.5, 0.6) is 0 Å². The minimum atomic E-state index is -0.662. The maximum absolute atomic E-state index is 11.8. The molecule has 0 unspecified atom stereocenters. The number of carbonyl (C=O) groups excluding carboxylic acids is 2. The van der Waals surface area contributed by atoms with Crippen molar-refractivity contribution in [1.82, 2.24) is 20.2 Å². The van der Waals surface area contributed by atoms with Crippen LogP contribution in [-0.4, -0.2) is 38.7 Å². The topological polar surface area (TPSA) is 99.0 Å². The van der Waals surface area contributed by atoms with Gasteiger partial charge in [-0.1, -0.05) is 18.2 Å². The van der Waals surface area contributed by atoms with Crippen LogP contribution in [0.3, 0.4) is 0 Å². The molecule has 8 nitrogen and oxygen atoms in total. The first-order valence-corrected chi connectivity index (χ1v) is 5.99. The van der Waals surface area contributed by atoms with E-state index in [-0.39, 0.29) is 24.9 Å². The third-order valence-corrected chi connectivity index (χ3v) is 2.34. The Morgan fingerprint density at radius 2 is 2.05 bits per heavy atom. The van der Waals surface area contributed by atoms with Crippen molar-refractivity contribution in [2.24, 2.45) is 0 Å². The van der Waals surface area contributed by atoms with Crippen molar-refractivity contribution in [3.63, 3.8) is 0 Å². The number of carbonyl (C=O) groups is 2. The van der Waals surface area contributed by atoms with Crippen molar-refractivity contribution in [2.45, 2.75) is 13.5 Å². The molecule has 1 aromatic carbocycles. The zero-order valence-corrected chi connectivity index (χ0v) is 10.8. The molecule has 1 amide bonds. The first kappa shape index (κ1) is 13.7. The average Bonchev–Trinajstić information content (AvgIpc) is 2.88. The van der Waals surface area contributed by atoms with E-state index in [0.717, 1.165) is 4.68 Å². The fourth-order valence-electron chi connectivity index (χ4n) is 1.51. The van der Waals surface area contributed by atoms with Crippen molar-refractivity contribution >= 4 is 17.6 Å². The number of nitrogens with zero attached hydrogens (tertiary/aromatic N) is 4. The molecule has 2 rings (SSSR count). The van der Waals surface area contributed by atoms with E-state index in [2.05, 4.69) is 20.8 Å². The summed E-state index contributed by atoms with van der Waals surface area (Å²) in [5, 5.41) is 13.2. The third-order valence-electron chi connectivity index (χ3n) is 2.34. The first-order valence-electron chi connectivity index (χ1n) is 5.99. The number of tetrazole rings is 1. The van der Waals surface area contributed by atoms with Crippen LogP contribution in [0.4, 0.5) is 5.69 Å². The van der Waals surface area contributed by atoms with Gasteiger partial charge in [0.25, 0.3) is 5.82 Å². The molecule has 0 aliphatic heterocycles. The van der Waals surface area contributed by atoms with E-state index in [4.69, 9.17) is 4.74 Å². The van der Waals surface area contributed by atoms with E-state index >= 15 is 0 Å². The minimum absolute atomic E-state index is 0.102. The molecule has 0 aliphatic rings. The van der Waals surface area contributed by atoms with Gasteiger partial charge in [0.15, 0.2) is 0 Å². The molecule has 0 radical (unpaired) electrons. The monoisotopic (exact) mass is 275 g/mol. The highest BCUT2D eigenvalue weighted by molar-refractivity contribution is 5.91. The number of esters is 1. The van der Waals surface area contributed by atoms with E-state index in [9.17, 15) is 9.59 Å². The van der Waals surface area contributed by atoms with Crippen LogP contribution in [0.15, 0.2) is 30.3 Å². The maximum atomic E-state index is 11.8. The van der Waals surface area contributed by atoms with Crippen molar-refractivity contribution < 1.29 is 14.3 Å². The Kier molecular flexibility index (Phi) is 4.38. The smallest absolute Gasteiger partial charge is 0.378 e. The van der Waals surface area contributed by atoms with Crippen molar-refractivity contribution in [2.75, 3.05) is 11.9 Å². The van der Waals surface area contributed by atoms with Crippen LogP contribution in [0.25, 0.3) is 0 Å². The summed E-state index contributed by atoms with van der Waals surface area (Å²) in [5.41, 5.74) is 0.656. The largest absolute Gasteiger partial charge is 0.460 e. The predicted molar refractivity (Wildman–Crippen MR) is 68.8 cm³/mol. The molecule has 8 heteroatoms. The van der Waals surface area contributed by atoms with Crippen LogP contribution < -0.4 is 5.32 Å². The zero-order valence-electron chi connectivity index (χ0n) is 10.8. The van der Waals surface area contributed by atoms with Crippen molar-refractivity contribution in [3.8, 4) is 0 Å². The van der Waals surface area contributed by atoms with Gasteiger partial charge >= 0.3 is 5.97 Å². The van der Waals surface area contributed by atoms with Crippen LogP contribution in [0.1, 0.15) is 17.5 Å². The van der Waals surface area contributed by atoms with Crippen molar-refractivity contribution in [1.29, 1.82) is 0 Å². The minimum Gasteiger partial charge on any atom is -0.460 e. The van der Waals surface area contributed by atoms with Crippen LogP contribution >= 0.6 is 0 Å². The lowest BCUT2D eigenvalue weighted by Crippen LogP contribution is -2.23. The standard InChI is InChI=1S/C12H13N5O3/c1-2-20-12(19)11-14-15-16-17(11)8-10(18)13-9-6-4-3-5-7-9/h3-7H,2,8H2,1H3,(H,13,18). The molecule has 1 aromatic heterocycles. The lowest BCUT2D eigenvalue weighted by molar-refractivity contribution is -0.116. The van der Waals surface area contributed by atoms with Gasteiger partial charge < -0.3 is 10.1 Å². The molecule has 0 saturated heterocycles. The highest BCUT2D eigenvalue weighted by Gasteiger charge is 2.18. The fourth-order valence-corrected chi connectivity index (χ4v) is 1.51. The van der Waals surface area contributed by atoms with E-state index < -0.39 is 5.97 Å². The van der Waals surface area contributed by atoms with Crippen LogP contribution in [0.2, 0.25) is 0 Å². The number of aromatic nitrogens is 4. The lowest BCUT2D eigenvalue weighted by Gasteiger charge is -2.06. The second-order valence-electron chi connectivity index (χ2n) is 3.79. The molecular weight excluding hydrogens is 262 g/mol. The van der Waals surface area contributed by atoms with Gasteiger partial charge in [-0.25, -0.2) is 9.48 Å². The van der Waals surface area contributed by atoms with Crippen LogP contribution in [-0.2, 0) is 16.1 Å². The molecular formula is C12H13N5O3. The first-order chi connectivity index (χ1) is 9.70. The molecule has 2 aromatic rings. The van der Waals surface area contributed by atoms with Gasteiger partial charge in [0.2, 0.25) is 5.91 Å². The highest BCUT2D eigenvalue weighted by atomic mass is 16.5. The Morgan fingerprint density at radius 3 is 2.75 bits per heavy atom. The number of anilines is 1. The number of amides is 1. The Bertz CT molecular complexity index is 596. The number of rotatable bonds is 5. The molecule has 0 atom stereocenters. The number of nitrogens with one attached hydrogen (secondary N) is 1. The second-order valence-corrected chi connectivity index (χ2v) is 3.79. The second kappa shape index (κ2) is 6.41. The summed E-state index contributed by atoms with van der Waals surface area (Å²) in [7, 11) is 0. The number of hydrogen-bond acceptors (Lipinski definition) is 6. The number of hydrogen-bond donors (Lipinski definition) is 1. The van der Waals surface area contributed by atoms with Gasteiger partial charge in [0.1, 0.15) is 6.54 Å². The van der Waals surface area contributed by atoms with Gasteiger partial charge in [0, 0.05) is 5.69 Å². The summed E-state index contributed by atoms with van der Waals surface area (Å²) < 4.78 is 5.89.